The van der Waals surface area contributed by atoms with Crippen molar-refractivity contribution in [2.75, 3.05) is 38.0 Å². The number of aryl methyl sites for hydroxylation is 2. The van der Waals surface area contributed by atoms with Crippen LogP contribution in [0, 0.1) is 6.92 Å². The summed E-state index contributed by atoms with van der Waals surface area (Å²) in [4.78, 5) is 45.8. The number of nitrogens with zero attached hydrogens (tertiary/aromatic N) is 5. The number of hydrogen-bond donors (Lipinski definition) is 1. The van der Waals surface area contributed by atoms with Crippen LogP contribution in [0.1, 0.15) is 12.2 Å². The van der Waals surface area contributed by atoms with E-state index in [0.717, 1.165) is 0 Å². The van der Waals surface area contributed by atoms with Crippen molar-refractivity contribution in [3.05, 3.63) is 40.0 Å². The first-order valence-electron chi connectivity index (χ1n) is 9.65. The molecule has 3 aromatic heterocycles. The highest BCUT2D eigenvalue weighted by Crippen LogP contribution is 2.13. The molecule has 1 N–H and O–H groups in total. The largest absolute Gasteiger partial charge is 0.360 e. The van der Waals surface area contributed by atoms with E-state index in [1.165, 1.54) is 22.2 Å². The molecule has 30 heavy (non-hydrogen) atoms. The molecule has 1 saturated heterocycles. The maximum atomic E-state index is 12.5. The summed E-state index contributed by atoms with van der Waals surface area (Å²) in [6.07, 6.45) is 1.74. The second kappa shape index (κ2) is 8.76. The van der Waals surface area contributed by atoms with Gasteiger partial charge in [0.05, 0.1) is 18.3 Å². The van der Waals surface area contributed by atoms with Crippen LogP contribution in [0.2, 0.25) is 0 Å². The van der Waals surface area contributed by atoms with Gasteiger partial charge in [-0.2, -0.15) is 0 Å². The third-order valence-corrected chi connectivity index (χ3v) is 5.83. The van der Waals surface area contributed by atoms with Crippen molar-refractivity contribution in [1.82, 2.24) is 24.5 Å². The van der Waals surface area contributed by atoms with Gasteiger partial charge in [0.1, 0.15) is 10.6 Å². The zero-order valence-corrected chi connectivity index (χ0v) is 17.4. The number of fused-ring (bicyclic) bond motifs is 1. The number of piperazine rings is 1. The van der Waals surface area contributed by atoms with E-state index in [2.05, 4.69) is 15.5 Å². The third kappa shape index (κ3) is 4.57. The molecule has 4 rings (SSSR count). The Kier molecular flexibility index (Phi) is 5.91. The van der Waals surface area contributed by atoms with E-state index in [9.17, 15) is 14.4 Å². The molecule has 0 aliphatic carbocycles. The van der Waals surface area contributed by atoms with E-state index in [-0.39, 0.29) is 30.3 Å². The van der Waals surface area contributed by atoms with Crippen molar-refractivity contribution in [1.29, 1.82) is 0 Å². The maximum Gasteiger partial charge on any atom is 0.262 e. The molecule has 0 radical (unpaired) electrons. The summed E-state index contributed by atoms with van der Waals surface area (Å²) in [5, 5.41) is 8.86. The maximum absolute atomic E-state index is 12.5. The number of hydrogen-bond acceptors (Lipinski definition) is 8. The highest BCUT2D eigenvalue weighted by molar-refractivity contribution is 7.16. The molecular weight excluding hydrogens is 408 g/mol. The first-order chi connectivity index (χ1) is 14.5. The molecule has 4 heterocycles. The van der Waals surface area contributed by atoms with Gasteiger partial charge in [-0.05, 0) is 18.4 Å². The number of amides is 2. The third-order valence-electron chi connectivity index (χ3n) is 5.00. The smallest absolute Gasteiger partial charge is 0.262 e. The summed E-state index contributed by atoms with van der Waals surface area (Å²) >= 11 is 1.42. The van der Waals surface area contributed by atoms with Gasteiger partial charge in [-0.1, -0.05) is 5.16 Å². The fourth-order valence-electron chi connectivity index (χ4n) is 3.39. The first kappa shape index (κ1) is 20.2. The highest BCUT2D eigenvalue weighted by atomic mass is 32.1. The van der Waals surface area contributed by atoms with Crippen LogP contribution in [0.15, 0.2) is 33.2 Å². The van der Waals surface area contributed by atoms with E-state index >= 15 is 0 Å². The van der Waals surface area contributed by atoms with Gasteiger partial charge in [-0.3, -0.25) is 23.9 Å². The van der Waals surface area contributed by atoms with Gasteiger partial charge in [0.15, 0.2) is 5.82 Å². The predicted octanol–water partition coefficient (Wildman–Crippen LogP) is 0.927. The fraction of sp³-hybridized carbons (Fsp3) is 0.421. The Labute approximate surface area is 176 Å². The zero-order valence-electron chi connectivity index (χ0n) is 16.5. The van der Waals surface area contributed by atoms with Gasteiger partial charge in [-0.15, -0.1) is 11.3 Å². The SMILES string of the molecule is Cc1cc(NC(=O)CN2CCN(C(=O)CCn3cnc4sccc4c3=O)CC2)no1. The average Bonchev–Trinajstić information content (AvgIpc) is 3.37. The molecule has 0 aromatic carbocycles. The zero-order chi connectivity index (χ0) is 21.1. The number of nitrogens with one attached hydrogen (secondary N) is 1. The standard InChI is InChI=1S/C19H22N6O4S/c1-13-10-15(22-29-13)21-16(26)11-23-5-7-24(8-6-23)17(27)2-4-25-12-20-18-14(19(25)28)3-9-30-18/h3,9-10,12H,2,4-8,11H2,1H3,(H,21,22,26). The molecule has 158 valence electrons. The fourth-order valence-corrected chi connectivity index (χ4v) is 4.12. The number of rotatable bonds is 6. The lowest BCUT2D eigenvalue weighted by atomic mass is 10.2. The Hall–Kier alpha value is -3.05. The summed E-state index contributed by atoms with van der Waals surface area (Å²) in [7, 11) is 0. The Balaban J connectivity index is 1.23. The van der Waals surface area contributed by atoms with Crippen molar-refractivity contribution in [3.8, 4) is 0 Å². The molecule has 0 spiro atoms. The van der Waals surface area contributed by atoms with Gasteiger partial charge in [0.2, 0.25) is 11.8 Å². The van der Waals surface area contributed by atoms with Crippen LogP contribution in [-0.2, 0) is 16.1 Å². The Morgan fingerprint density at radius 2 is 2.07 bits per heavy atom. The van der Waals surface area contributed by atoms with Crippen molar-refractivity contribution < 1.29 is 14.1 Å². The number of carbonyl (C=O) groups is 2. The molecule has 1 fully saturated rings. The van der Waals surface area contributed by atoms with Crippen LogP contribution >= 0.6 is 11.3 Å². The van der Waals surface area contributed by atoms with Crippen LogP contribution < -0.4 is 10.9 Å². The second-order valence-electron chi connectivity index (χ2n) is 7.16. The molecule has 2 amide bonds. The molecule has 1 aliphatic heterocycles. The van der Waals surface area contributed by atoms with Gasteiger partial charge in [0.25, 0.3) is 5.56 Å². The molecular formula is C19H22N6O4S. The summed E-state index contributed by atoms with van der Waals surface area (Å²) in [5.74, 6) is 0.857. The summed E-state index contributed by atoms with van der Waals surface area (Å²) in [5.41, 5.74) is -0.118. The molecule has 3 aromatic rings. The molecule has 0 saturated carbocycles. The van der Waals surface area contributed by atoms with Crippen molar-refractivity contribution in [2.45, 2.75) is 19.9 Å². The number of aromatic nitrogens is 3. The Morgan fingerprint density at radius 3 is 2.80 bits per heavy atom. The lowest BCUT2D eigenvalue weighted by molar-refractivity contribution is -0.133. The number of anilines is 1. The minimum absolute atomic E-state index is 0.00510. The predicted molar refractivity (Wildman–Crippen MR) is 111 cm³/mol. The van der Waals surface area contributed by atoms with E-state index < -0.39 is 0 Å². The summed E-state index contributed by atoms with van der Waals surface area (Å²) < 4.78 is 6.41. The minimum atomic E-state index is -0.168. The molecule has 1 aliphatic rings. The Bertz CT molecular complexity index is 1110. The number of thiophene rings is 1. The lowest BCUT2D eigenvalue weighted by Gasteiger charge is -2.34. The molecule has 0 bridgehead atoms. The van der Waals surface area contributed by atoms with Gasteiger partial charge < -0.3 is 14.7 Å². The monoisotopic (exact) mass is 430 g/mol. The van der Waals surface area contributed by atoms with Crippen molar-refractivity contribution in [2.24, 2.45) is 0 Å². The molecule has 0 unspecified atom stereocenters. The van der Waals surface area contributed by atoms with Crippen molar-refractivity contribution in [3.63, 3.8) is 0 Å². The van der Waals surface area contributed by atoms with Crippen molar-refractivity contribution >= 4 is 39.2 Å². The minimum Gasteiger partial charge on any atom is -0.360 e. The lowest BCUT2D eigenvalue weighted by Crippen LogP contribution is -2.50. The molecule has 11 heteroatoms. The summed E-state index contributed by atoms with van der Waals surface area (Å²) in [6, 6.07) is 3.41. The van der Waals surface area contributed by atoms with Gasteiger partial charge in [0, 0.05) is 45.2 Å². The van der Waals surface area contributed by atoms with Crippen LogP contribution in [0.3, 0.4) is 0 Å². The normalized spacial score (nSPS) is 14.9. The average molecular weight is 430 g/mol. The molecule has 10 nitrogen and oxygen atoms in total. The van der Waals surface area contributed by atoms with E-state index in [1.807, 2.05) is 10.3 Å². The number of carbonyl (C=O) groups excluding carboxylic acids is 2. The van der Waals surface area contributed by atoms with Gasteiger partial charge in [-0.25, -0.2) is 4.98 Å². The molecule has 0 atom stereocenters. The quantitative estimate of drug-likeness (QED) is 0.619. The topological polar surface area (TPSA) is 114 Å². The van der Waals surface area contributed by atoms with E-state index in [1.54, 1.807) is 24.0 Å². The van der Waals surface area contributed by atoms with Crippen LogP contribution in [0.4, 0.5) is 5.82 Å². The van der Waals surface area contributed by atoms with Crippen LogP contribution in [0.25, 0.3) is 10.2 Å². The van der Waals surface area contributed by atoms with Gasteiger partial charge >= 0.3 is 0 Å². The van der Waals surface area contributed by atoms with Crippen LogP contribution in [-0.4, -0.2) is 69.0 Å². The second-order valence-corrected chi connectivity index (χ2v) is 8.06. The van der Waals surface area contributed by atoms with E-state index in [0.29, 0.717) is 54.5 Å². The summed E-state index contributed by atoms with van der Waals surface area (Å²) in [6.45, 7) is 4.61. The highest BCUT2D eigenvalue weighted by Gasteiger charge is 2.22. The van der Waals surface area contributed by atoms with E-state index in [4.69, 9.17) is 4.52 Å². The first-order valence-corrected chi connectivity index (χ1v) is 10.5. The van der Waals surface area contributed by atoms with Crippen LogP contribution in [0.5, 0.6) is 0 Å². The Morgan fingerprint density at radius 1 is 1.27 bits per heavy atom.